The third-order valence-corrected chi connectivity index (χ3v) is 5.69. The maximum atomic E-state index is 5.89. The molecule has 0 N–H and O–H groups in total. The largest absolute Gasteiger partial charge is 0.395 e. The molecule has 0 spiro atoms. The molecule has 1 aliphatic rings. The van der Waals surface area contributed by atoms with Crippen molar-refractivity contribution in [3.8, 4) is 12.3 Å². The Morgan fingerprint density at radius 2 is 2.00 bits per heavy atom. The van der Waals surface area contributed by atoms with Crippen LogP contribution in [0.4, 0.5) is 0 Å². The number of thioether (sulfide) groups is 2. The third kappa shape index (κ3) is 4.68. The van der Waals surface area contributed by atoms with Crippen molar-refractivity contribution in [3.05, 3.63) is 34.9 Å². The van der Waals surface area contributed by atoms with E-state index in [0.717, 1.165) is 22.2 Å². The van der Waals surface area contributed by atoms with Crippen molar-refractivity contribution in [2.75, 3.05) is 18.1 Å². The van der Waals surface area contributed by atoms with Crippen LogP contribution in [0.2, 0.25) is 5.02 Å². The van der Waals surface area contributed by atoms with Gasteiger partial charge in [-0.3, -0.25) is 0 Å². The van der Waals surface area contributed by atoms with Gasteiger partial charge in [0.1, 0.15) is 6.61 Å². The van der Waals surface area contributed by atoms with Gasteiger partial charge >= 0.3 is 0 Å². The van der Waals surface area contributed by atoms with E-state index in [-0.39, 0.29) is 0 Å². The molecule has 2 nitrogen and oxygen atoms in total. The van der Waals surface area contributed by atoms with Gasteiger partial charge in [-0.05, 0) is 17.7 Å². The molecule has 1 aliphatic heterocycles. The highest BCUT2D eigenvalue weighted by Gasteiger charge is 2.20. The maximum Gasteiger partial charge on any atom is 0.128 e. The highest BCUT2D eigenvalue weighted by atomic mass is 35.5. The van der Waals surface area contributed by atoms with Crippen molar-refractivity contribution < 1.29 is 4.84 Å². The SMILES string of the molecule is C#CCCON=C1CSC(c2ccc(Cl)cc2)SC1. The third-order valence-electron chi connectivity index (χ3n) is 2.48. The van der Waals surface area contributed by atoms with Crippen LogP contribution in [0.25, 0.3) is 0 Å². The fourth-order valence-corrected chi connectivity index (χ4v) is 4.28. The minimum absolute atomic E-state index is 0.446. The van der Waals surface area contributed by atoms with Crippen LogP contribution in [0.3, 0.4) is 0 Å². The second kappa shape index (κ2) is 7.74. The van der Waals surface area contributed by atoms with Gasteiger partial charge in [0.2, 0.25) is 0 Å². The summed E-state index contributed by atoms with van der Waals surface area (Å²) in [5.74, 6) is 4.32. The average Bonchev–Trinajstić information content (AvgIpc) is 2.45. The molecule has 1 heterocycles. The molecular formula is C14H14ClNOS2. The van der Waals surface area contributed by atoms with E-state index >= 15 is 0 Å². The normalized spacial score (nSPS) is 18.7. The highest BCUT2D eigenvalue weighted by Crippen LogP contribution is 2.43. The van der Waals surface area contributed by atoms with Crippen LogP contribution in [0.1, 0.15) is 16.6 Å². The van der Waals surface area contributed by atoms with Gasteiger partial charge in [-0.1, -0.05) is 28.9 Å². The molecular weight excluding hydrogens is 298 g/mol. The second-order valence-electron chi connectivity index (χ2n) is 3.95. The van der Waals surface area contributed by atoms with Crippen LogP contribution in [-0.4, -0.2) is 23.8 Å². The summed E-state index contributed by atoms with van der Waals surface area (Å²) in [6.45, 7) is 0.496. The zero-order chi connectivity index (χ0) is 13.5. The van der Waals surface area contributed by atoms with Crippen molar-refractivity contribution in [1.29, 1.82) is 0 Å². The Labute approximate surface area is 127 Å². The van der Waals surface area contributed by atoms with Crippen LogP contribution < -0.4 is 0 Å². The lowest BCUT2D eigenvalue weighted by molar-refractivity contribution is 0.150. The number of hydrogen-bond acceptors (Lipinski definition) is 4. The molecule has 0 radical (unpaired) electrons. The number of oxime groups is 1. The highest BCUT2D eigenvalue weighted by molar-refractivity contribution is 8.18. The monoisotopic (exact) mass is 311 g/mol. The van der Waals surface area contributed by atoms with Crippen LogP contribution >= 0.6 is 35.1 Å². The van der Waals surface area contributed by atoms with E-state index in [9.17, 15) is 0 Å². The van der Waals surface area contributed by atoms with E-state index in [4.69, 9.17) is 22.9 Å². The van der Waals surface area contributed by atoms with E-state index in [1.165, 1.54) is 5.56 Å². The first kappa shape index (κ1) is 14.6. The first-order chi connectivity index (χ1) is 9.29. The van der Waals surface area contributed by atoms with Crippen LogP contribution in [0.15, 0.2) is 29.4 Å². The van der Waals surface area contributed by atoms with Gasteiger partial charge in [-0.2, -0.15) is 0 Å². The van der Waals surface area contributed by atoms with E-state index < -0.39 is 0 Å². The molecule has 0 aliphatic carbocycles. The van der Waals surface area contributed by atoms with Gasteiger partial charge < -0.3 is 4.84 Å². The first-order valence-corrected chi connectivity index (χ1v) is 8.37. The minimum Gasteiger partial charge on any atom is -0.395 e. The van der Waals surface area contributed by atoms with Gasteiger partial charge in [-0.25, -0.2) is 0 Å². The molecule has 100 valence electrons. The maximum absolute atomic E-state index is 5.89. The molecule has 0 atom stereocenters. The van der Waals surface area contributed by atoms with Gasteiger partial charge in [0.25, 0.3) is 0 Å². The second-order valence-corrected chi connectivity index (χ2v) is 6.87. The number of hydrogen-bond donors (Lipinski definition) is 0. The lowest BCUT2D eigenvalue weighted by atomic mass is 10.2. The molecule has 0 bridgehead atoms. The predicted molar refractivity (Wildman–Crippen MR) is 85.9 cm³/mol. The molecule has 1 aromatic rings. The smallest absolute Gasteiger partial charge is 0.128 e. The van der Waals surface area contributed by atoms with Crippen molar-refractivity contribution in [1.82, 2.24) is 0 Å². The van der Waals surface area contributed by atoms with Crippen molar-refractivity contribution >= 4 is 40.8 Å². The lowest BCUT2D eigenvalue weighted by Gasteiger charge is -2.22. The Bertz CT molecular complexity index is 471. The Hall–Kier alpha value is -0.760. The van der Waals surface area contributed by atoms with Crippen LogP contribution in [0.5, 0.6) is 0 Å². The summed E-state index contributed by atoms with van der Waals surface area (Å²) in [7, 11) is 0. The van der Waals surface area contributed by atoms with Crippen molar-refractivity contribution in [2.45, 2.75) is 11.0 Å². The number of rotatable bonds is 4. The summed E-state index contributed by atoms with van der Waals surface area (Å²) in [6.07, 6.45) is 5.75. The van der Waals surface area contributed by atoms with Gasteiger partial charge in [0, 0.05) is 22.9 Å². The Kier molecular flexibility index (Phi) is 5.96. The van der Waals surface area contributed by atoms with E-state index in [2.05, 4.69) is 23.2 Å². The van der Waals surface area contributed by atoms with Crippen LogP contribution in [0, 0.1) is 12.3 Å². The minimum atomic E-state index is 0.446. The Morgan fingerprint density at radius 3 is 2.63 bits per heavy atom. The van der Waals surface area contributed by atoms with Gasteiger partial charge in [-0.15, -0.1) is 35.9 Å². The lowest BCUT2D eigenvalue weighted by Crippen LogP contribution is -2.14. The first-order valence-electron chi connectivity index (χ1n) is 5.89. The summed E-state index contributed by atoms with van der Waals surface area (Å²) < 4.78 is 0.446. The Balaban J connectivity index is 1.82. The van der Waals surface area contributed by atoms with E-state index in [0.29, 0.717) is 17.6 Å². The molecule has 1 aromatic carbocycles. The van der Waals surface area contributed by atoms with Crippen molar-refractivity contribution in [2.24, 2.45) is 5.16 Å². The fourth-order valence-electron chi connectivity index (χ4n) is 1.54. The molecule has 0 saturated carbocycles. The zero-order valence-electron chi connectivity index (χ0n) is 10.3. The van der Waals surface area contributed by atoms with Crippen LogP contribution in [-0.2, 0) is 4.84 Å². The average molecular weight is 312 g/mol. The molecule has 1 fully saturated rings. The number of halogens is 1. The Morgan fingerprint density at radius 1 is 1.32 bits per heavy atom. The predicted octanol–water partition coefficient (Wildman–Crippen LogP) is 4.21. The summed E-state index contributed by atoms with van der Waals surface area (Å²) >= 11 is 9.62. The molecule has 0 unspecified atom stereocenters. The van der Waals surface area contributed by atoms with E-state index in [1.54, 1.807) is 0 Å². The summed E-state index contributed by atoms with van der Waals surface area (Å²) in [4.78, 5) is 5.17. The molecule has 19 heavy (non-hydrogen) atoms. The molecule has 2 rings (SSSR count). The molecule has 0 aromatic heterocycles. The number of nitrogens with zero attached hydrogens (tertiary/aromatic N) is 1. The quantitative estimate of drug-likeness (QED) is 0.472. The zero-order valence-corrected chi connectivity index (χ0v) is 12.7. The van der Waals surface area contributed by atoms with Gasteiger partial charge in [0.15, 0.2) is 0 Å². The fraction of sp³-hybridized carbons (Fsp3) is 0.357. The summed E-state index contributed by atoms with van der Waals surface area (Å²) in [5, 5.41) is 4.90. The van der Waals surface area contributed by atoms with Crippen molar-refractivity contribution in [3.63, 3.8) is 0 Å². The van der Waals surface area contributed by atoms with Gasteiger partial charge in [0.05, 0.1) is 10.3 Å². The topological polar surface area (TPSA) is 21.6 Å². The number of benzene rings is 1. The molecule has 0 amide bonds. The molecule has 1 saturated heterocycles. The number of terminal acetylenes is 1. The molecule has 5 heteroatoms. The summed E-state index contributed by atoms with van der Waals surface area (Å²) in [5.41, 5.74) is 2.38. The standard InChI is InChI=1S/C14H14ClNOS2/c1-2-3-8-17-16-13-9-18-14(19-10-13)11-4-6-12(15)7-5-11/h1,4-7,14H,3,8-10H2. The summed E-state index contributed by atoms with van der Waals surface area (Å²) in [6, 6.07) is 8.03. The van der Waals surface area contributed by atoms with E-state index in [1.807, 2.05) is 35.7 Å².